The summed E-state index contributed by atoms with van der Waals surface area (Å²) in [5.74, 6) is 0. The number of hydrogen-bond acceptors (Lipinski definition) is 4. The van der Waals surface area contributed by atoms with Crippen LogP contribution in [0.15, 0.2) is 32.9 Å². The first-order valence-electron chi connectivity index (χ1n) is 6.03. The Hall–Kier alpha value is -0.630. The Morgan fingerprint density at radius 1 is 1.33 bits per heavy atom. The van der Waals surface area contributed by atoms with E-state index >= 15 is 0 Å². The third-order valence-electron chi connectivity index (χ3n) is 2.68. The van der Waals surface area contributed by atoms with Crippen molar-refractivity contribution in [2.24, 2.45) is 0 Å². The summed E-state index contributed by atoms with van der Waals surface area (Å²) in [6, 6.07) is 4.62. The SMILES string of the molecule is CC(C)(C)c1csc(NS(=O)(=O)c2ccc(Br)cc2Cl)n1. The van der Waals surface area contributed by atoms with Crippen molar-refractivity contribution in [3.05, 3.63) is 38.8 Å². The lowest BCUT2D eigenvalue weighted by molar-refractivity contribution is 0.573. The highest BCUT2D eigenvalue weighted by Gasteiger charge is 2.22. The van der Waals surface area contributed by atoms with E-state index in [1.54, 1.807) is 12.1 Å². The molecule has 0 amide bonds. The van der Waals surface area contributed by atoms with Crippen molar-refractivity contribution < 1.29 is 8.42 Å². The molecule has 0 bridgehead atoms. The first kappa shape index (κ1) is 16.7. The van der Waals surface area contributed by atoms with Crippen LogP contribution in [0, 0.1) is 0 Å². The molecule has 4 nitrogen and oxygen atoms in total. The molecule has 114 valence electrons. The molecule has 2 rings (SSSR count). The Kier molecular flexibility index (Phi) is 4.68. The number of thiazole rings is 1. The van der Waals surface area contributed by atoms with Gasteiger partial charge in [-0.15, -0.1) is 11.3 Å². The van der Waals surface area contributed by atoms with E-state index < -0.39 is 10.0 Å². The quantitative estimate of drug-likeness (QED) is 0.802. The molecule has 0 aliphatic heterocycles. The Morgan fingerprint density at radius 2 is 2.00 bits per heavy atom. The van der Waals surface area contributed by atoms with Gasteiger partial charge in [-0.1, -0.05) is 48.3 Å². The molecule has 0 atom stereocenters. The van der Waals surface area contributed by atoms with Gasteiger partial charge in [0.1, 0.15) is 4.90 Å². The minimum Gasteiger partial charge on any atom is -0.255 e. The largest absolute Gasteiger partial charge is 0.265 e. The van der Waals surface area contributed by atoms with Crippen LogP contribution in [0.4, 0.5) is 5.13 Å². The molecule has 0 saturated carbocycles. The van der Waals surface area contributed by atoms with Crippen LogP contribution in [0.25, 0.3) is 0 Å². The van der Waals surface area contributed by atoms with E-state index in [1.165, 1.54) is 17.4 Å². The van der Waals surface area contributed by atoms with Crippen LogP contribution in [0.1, 0.15) is 26.5 Å². The summed E-state index contributed by atoms with van der Waals surface area (Å²) in [5, 5.41) is 2.34. The fraction of sp³-hybridized carbons (Fsp3) is 0.308. The second kappa shape index (κ2) is 5.87. The van der Waals surface area contributed by atoms with E-state index in [0.717, 1.165) is 10.2 Å². The van der Waals surface area contributed by atoms with E-state index in [1.807, 2.05) is 26.2 Å². The Balaban J connectivity index is 2.31. The van der Waals surface area contributed by atoms with Gasteiger partial charge in [-0.3, -0.25) is 4.72 Å². The third kappa shape index (κ3) is 3.97. The van der Waals surface area contributed by atoms with E-state index in [4.69, 9.17) is 11.6 Å². The van der Waals surface area contributed by atoms with Crippen molar-refractivity contribution in [2.75, 3.05) is 4.72 Å². The summed E-state index contributed by atoms with van der Waals surface area (Å²) in [6.07, 6.45) is 0. The van der Waals surface area contributed by atoms with E-state index in [-0.39, 0.29) is 15.3 Å². The monoisotopic (exact) mass is 408 g/mol. The van der Waals surface area contributed by atoms with Crippen LogP contribution in [0.2, 0.25) is 5.02 Å². The normalized spacial score (nSPS) is 12.4. The van der Waals surface area contributed by atoms with Crippen LogP contribution in [-0.2, 0) is 15.4 Å². The van der Waals surface area contributed by atoms with E-state index in [9.17, 15) is 8.42 Å². The van der Waals surface area contributed by atoms with Gasteiger partial charge in [0, 0.05) is 15.3 Å². The number of sulfonamides is 1. The molecule has 8 heteroatoms. The zero-order valence-electron chi connectivity index (χ0n) is 11.6. The fourth-order valence-electron chi connectivity index (χ4n) is 1.53. The average Bonchev–Trinajstić information content (AvgIpc) is 2.75. The van der Waals surface area contributed by atoms with Crippen molar-refractivity contribution in [1.82, 2.24) is 4.98 Å². The van der Waals surface area contributed by atoms with Crippen molar-refractivity contribution in [3.63, 3.8) is 0 Å². The van der Waals surface area contributed by atoms with Gasteiger partial charge < -0.3 is 0 Å². The predicted octanol–water partition coefficient (Wildman–Crippen LogP) is 4.66. The molecular weight excluding hydrogens is 396 g/mol. The number of halogens is 2. The van der Waals surface area contributed by atoms with Crippen LogP contribution < -0.4 is 4.72 Å². The summed E-state index contributed by atoms with van der Waals surface area (Å²) >= 11 is 10.5. The molecule has 1 N–H and O–H groups in total. The summed E-state index contributed by atoms with van der Waals surface area (Å²) < 4.78 is 27.9. The average molecular weight is 410 g/mol. The highest BCUT2D eigenvalue weighted by molar-refractivity contribution is 9.10. The van der Waals surface area contributed by atoms with Crippen LogP contribution in [-0.4, -0.2) is 13.4 Å². The van der Waals surface area contributed by atoms with Crippen LogP contribution >= 0.6 is 38.9 Å². The lowest BCUT2D eigenvalue weighted by Gasteiger charge is -2.14. The summed E-state index contributed by atoms with van der Waals surface area (Å²) in [6.45, 7) is 6.06. The number of benzene rings is 1. The molecule has 1 heterocycles. The first-order valence-corrected chi connectivity index (χ1v) is 9.57. The second-order valence-electron chi connectivity index (χ2n) is 5.47. The number of nitrogens with zero attached hydrogens (tertiary/aromatic N) is 1. The van der Waals surface area contributed by atoms with Gasteiger partial charge in [-0.05, 0) is 18.2 Å². The number of rotatable bonds is 3. The smallest absolute Gasteiger partial charge is 0.255 e. The molecule has 0 spiro atoms. The Labute approximate surface area is 141 Å². The van der Waals surface area contributed by atoms with Crippen molar-refractivity contribution in [1.29, 1.82) is 0 Å². The van der Waals surface area contributed by atoms with Crippen molar-refractivity contribution in [3.8, 4) is 0 Å². The number of nitrogens with one attached hydrogen (secondary N) is 1. The van der Waals surface area contributed by atoms with Gasteiger partial charge in [0.25, 0.3) is 10.0 Å². The topological polar surface area (TPSA) is 59.1 Å². The molecule has 0 aliphatic rings. The molecular formula is C13H14BrClN2O2S2. The zero-order chi connectivity index (χ0) is 15.8. The van der Waals surface area contributed by atoms with Gasteiger partial charge in [0.05, 0.1) is 10.7 Å². The molecule has 2 aromatic rings. The molecule has 1 aromatic heterocycles. The van der Waals surface area contributed by atoms with E-state index in [0.29, 0.717) is 5.13 Å². The number of aromatic nitrogens is 1. The second-order valence-corrected chi connectivity index (χ2v) is 9.30. The van der Waals surface area contributed by atoms with Crippen molar-refractivity contribution >= 4 is 54.0 Å². The van der Waals surface area contributed by atoms with Gasteiger partial charge in [0.15, 0.2) is 5.13 Å². The molecule has 1 aromatic carbocycles. The lowest BCUT2D eigenvalue weighted by Crippen LogP contribution is -2.15. The molecule has 0 unspecified atom stereocenters. The third-order valence-corrected chi connectivity index (χ3v) is 5.88. The predicted molar refractivity (Wildman–Crippen MR) is 90.8 cm³/mol. The lowest BCUT2D eigenvalue weighted by atomic mass is 9.93. The van der Waals surface area contributed by atoms with Crippen molar-refractivity contribution in [2.45, 2.75) is 31.1 Å². The van der Waals surface area contributed by atoms with Gasteiger partial charge >= 0.3 is 0 Å². The maximum absolute atomic E-state index is 12.3. The minimum absolute atomic E-state index is 0.0277. The Bertz CT molecular complexity index is 767. The zero-order valence-corrected chi connectivity index (χ0v) is 15.6. The highest BCUT2D eigenvalue weighted by atomic mass is 79.9. The van der Waals surface area contributed by atoms with Gasteiger partial charge in [-0.25, -0.2) is 13.4 Å². The maximum atomic E-state index is 12.3. The summed E-state index contributed by atoms with van der Waals surface area (Å²) in [7, 11) is -3.75. The summed E-state index contributed by atoms with van der Waals surface area (Å²) in [4.78, 5) is 4.34. The van der Waals surface area contributed by atoms with E-state index in [2.05, 4.69) is 25.6 Å². The fourth-order valence-corrected chi connectivity index (χ4v) is 4.76. The first-order chi connectivity index (χ1) is 9.59. The molecule has 21 heavy (non-hydrogen) atoms. The molecule has 0 radical (unpaired) electrons. The minimum atomic E-state index is -3.75. The number of anilines is 1. The van der Waals surface area contributed by atoms with Crippen LogP contribution in [0.3, 0.4) is 0 Å². The summed E-state index contributed by atoms with van der Waals surface area (Å²) in [5.41, 5.74) is 0.710. The molecule has 0 saturated heterocycles. The maximum Gasteiger partial charge on any atom is 0.265 e. The Morgan fingerprint density at radius 3 is 2.52 bits per heavy atom. The standard InChI is InChI=1S/C13H14BrClN2O2S2/c1-13(2,3)11-7-20-12(16-11)17-21(18,19)10-5-4-8(14)6-9(10)15/h4-7H,1-3H3,(H,16,17). The molecule has 0 aliphatic carbocycles. The number of hydrogen-bond donors (Lipinski definition) is 1. The molecule has 0 fully saturated rings. The van der Waals surface area contributed by atoms with Gasteiger partial charge in [-0.2, -0.15) is 0 Å². The highest BCUT2D eigenvalue weighted by Crippen LogP contribution is 2.30. The van der Waals surface area contributed by atoms with Crippen LogP contribution in [0.5, 0.6) is 0 Å². The van der Waals surface area contributed by atoms with Gasteiger partial charge in [0.2, 0.25) is 0 Å².